The highest BCUT2D eigenvalue weighted by molar-refractivity contribution is 5.93. The molecule has 0 saturated carbocycles. The first-order valence-corrected chi connectivity index (χ1v) is 9.00. The number of hydrogen-bond donors (Lipinski definition) is 2. The molecular weight excluding hydrogens is 401 g/mol. The summed E-state index contributed by atoms with van der Waals surface area (Å²) in [4.78, 5) is 34.7. The first-order valence-electron chi connectivity index (χ1n) is 9.00. The van der Waals surface area contributed by atoms with Crippen molar-refractivity contribution < 1.29 is 33.3 Å². The number of amides is 1. The summed E-state index contributed by atoms with van der Waals surface area (Å²) < 4.78 is 31.4. The summed E-state index contributed by atoms with van der Waals surface area (Å²) in [5, 5.41) is 12.1. The van der Waals surface area contributed by atoms with Crippen LogP contribution in [0.1, 0.15) is 33.4 Å². The van der Waals surface area contributed by atoms with Crippen molar-refractivity contribution in [1.29, 1.82) is 0 Å². The maximum absolute atomic E-state index is 14.0. The summed E-state index contributed by atoms with van der Waals surface area (Å²) in [5.74, 6) is 1.53. The highest BCUT2D eigenvalue weighted by Crippen LogP contribution is 2.39. The number of nitrogens with one attached hydrogen (secondary N) is 1. The van der Waals surface area contributed by atoms with E-state index in [2.05, 4.69) is 26.2 Å². The third-order valence-corrected chi connectivity index (χ3v) is 4.34. The van der Waals surface area contributed by atoms with Crippen LogP contribution in [0, 0.1) is 18.4 Å². The average molecular weight is 421 g/mol. The summed E-state index contributed by atoms with van der Waals surface area (Å²) in [7, 11) is 0. The minimum atomic E-state index is -1.58. The fourth-order valence-electron chi connectivity index (χ4n) is 3.09. The number of ether oxygens (including phenoxy) is 3. The molecule has 11 nitrogen and oxygen atoms in total. The van der Waals surface area contributed by atoms with Crippen molar-refractivity contribution >= 4 is 29.0 Å². The van der Waals surface area contributed by atoms with E-state index in [1.807, 2.05) is 0 Å². The Kier molecular flexibility index (Phi) is 5.86. The number of esters is 1. The summed E-state index contributed by atoms with van der Waals surface area (Å²) >= 11 is 0. The van der Waals surface area contributed by atoms with Crippen LogP contribution in [0.4, 0.5) is 15.0 Å². The number of anilines is 1. The van der Waals surface area contributed by atoms with Gasteiger partial charge in [-0.3, -0.25) is 14.7 Å². The van der Waals surface area contributed by atoms with Crippen LogP contribution in [0.15, 0.2) is 6.33 Å². The van der Waals surface area contributed by atoms with Crippen LogP contribution in [0.5, 0.6) is 0 Å². The summed E-state index contributed by atoms with van der Waals surface area (Å²) in [6.45, 7) is 3.90. The Hall–Kier alpha value is -3.30. The van der Waals surface area contributed by atoms with Crippen LogP contribution in [0.3, 0.4) is 0 Å². The lowest BCUT2D eigenvalue weighted by Crippen LogP contribution is -2.43. The highest BCUT2D eigenvalue weighted by atomic mass is 19.1. The van der Waals surface area contributed by atoms with Crippen molar-refractivity contribution in [1.82, 2.24) is 19.5 Å². The molecular formula is C18H20FN5O6. The quantitative estimate of drug-likeness (QED) is 0.413. The van der Waals surface area contributed by atoms with Crippen molar-refractivity contribution in [2.45, 2.75) is 51.2 Å². The minimum absolute atomic E-state index is 0.000293. The second kappa shape index (κ2) is 8.21. The van der Waals surface area contributed by atoms with Gasteiger partial charge in [0.15, 0.2) is 22.6 Å². The van der Waals surface area contributed by atoms with Gasteiger partial charge in [0.2, 0.25) is 0 Å². The molecule has 0 radical (unpaired) electrons. The number of rotatable bonds is 5. The predicted molar refractivity (Wildman–Crippen MR) is 99.5 cm³/mol. The largest absolute Gasteiger partial charge is 0.458 e. The van der Waals surface area contributed by atoms with Gasteiger partial charge in [-0.25, -0.2) is 9.78 Å². The van der Waals surface area contributed by atoms with Crippen molar-refractivity contribution in [3.63, 3.8) is 0 Å². The maximum atomic E-state index is 14.0. The molecule has 3 atom stereocenters. The van der Waals surface area contributed by atoms with Gasteiger partial charge in [0.1, 0.15) is 12.3 Å². The van der Waals surface area contributed by atoms with E-state index in [9.17, 15) is 19.1 Å². The van der Waals surface area contributed by atoms with Crippen molar-refractivity contribution in [3.05, 3.63) is 12.4 Å². The number of terminal acetylenes is 1. The van der Waals surface area contributed by atoms with Gasteiger partial charge in [-0.2, -0.15) is 14.4 Å². The Morgan fingerprint density at radius 3 is 2.87 bits per heavy atom. The van der Waals surface area contributed by atoms with Crippen LogP contribution < -0.4 is 5.32 Å². The Balaban J connectivity index is 1.97. The fourth-order valence-corrected chi connectivity index (χ4v) is 3.09. The molecule has 3 heterocycles. The number of carbonyl (C=O) groups is 2. The molecule has 1 fully saturated rings. The van der Waals surface area contributed by atoms with E-state index in [0.717, 1.165) is 0 Å². The van der Waals surface area contributed by atoms with E-state index < -0.39 is 48.8 Å². The van der Waals surface area contributed by atoms with Gasteiger partial charge in [0.25, 0.3) is 0 Å². The third-order valence-electron chi connectivity index (χ3n) is 4.34. The number of halogens is 1. The molecule has 2 N–H and O–H groups in total. The number of imidazole rings is 1. The number of carbonyl (C=O) groups excluding carboxylic acids is 2. The summed E-state index contributed by atoms with van der Waals surface area (Å²) in [6.07, 6.45) is 2.68. The standard InChI is InChI=1S/C18H20FN5O6/c1-5-18(7-25)11(29-10(4)26)6-12(30-18)24-8-20-13-14(21-16(19)23-15(13)24)22-17(27)28-9(2)3/h1,8-9,11-12,25H,6-7H2,2-4H3,(H,21,22,23,27)/t11-,12+,18+/m0/s1. The third kappa shape index (κ3) is 4.03. The topological polar surface area (TPSA) is 138 Å². The van der Waals surface area contributed by atoms with Crippen molar-refractivity contribution in [3.8, 4) is 12.3 Å². The zero-order valence-corrected chi connectivity index (χ0v) is 16.5. The van der Waals surface area contributed by atoms with Gasteiger partial charge < -0.3 is 19.3 Å². The van der Waals surface area contributed by atoms with Crippen LogP contribution >= 0.6 is 0 Å². The molecule has 12 heteroatoms. The summed E-state index contributed by atoms with van der Waals surface area (Å²) in [5.41, 5.74) is -1.51. The average Bonchev–Trinajstić information content (AvgIpc) is 3.22. The smallest absolute Gasteiger partial charge is 0.413 e. The fraction of sp³-hybridized carbons (Fsp3) is 0.500. The van der Waals surface area contributed by atoms with Crippen molar-refractivity contribution in [2.75, 3.05) is 11.9 Å². The SMILES string of the molecule is C#C[C@]1(CO)O[C@@H](n2cnc3c(NC(=O)OC(C)C)nc(F)nc32)C[C@@H]1OC(C)=O. The van der Waals surface area contributed by atoms with E-state index in [1.165, 1.54) is 17.8 Å². The molecule has 0 spiro atoms. The Labute approximate surface area is 170 Å². The minimum Gasteiger partial charge on any atom is -0.458 e. The first kappa shape index (κ1) is 21.4. The highest BCUT2D eigenvalue weighted by Gasteiger charge is 2.50. The van der Waals surface area contributed by atoms with Crippen LogP contribution in [0.25, 0.3) is 11.2 Å². The molecule has 0 bridgehead atoms. The second-order valence-electron chi connectivity index (χ2n) is 6.84. The number of aliphatic hydroxyl groups is 1. The van der Waals surface area contributed by atoms with Gasteiger partial charge in [-0.15, -0.1) is 6.42 Å². The van der Waals surface area contributed by atoms with Crippen LogP contribution in [-0.4, -0.2) is 61.1 Å². The number of aliphatic hydroxyl groups excluding tert-OH is 1. The molecule has 2 aromatic heterocycles. The molecule has 2 aromatic rings. The molecule has 160 valence electrons. The molecule has 0 aliphatic carbocycles. The Bertz CT molecular complexity index is 1020. The lowest BCUT2D eigenvalue weighted by Gasteiger charge is -2.26. The maximum Gasteiger partial charge on any atom is 0.413 e. The molecule has 1 aliphatic heterocycles. The van der Waals surface area contributed by atoms with Gasteiger partial charge in [0.05, 0.1) is 19.0 Å². The Morgan fingerprint density at radius 2 is 2.27 bits per heavy atom. The van der Waals surface area contributed by atoms with E-state index in [0.29, 0.717) is 0 Å². The Morgan fingerprint density at radius 1 is 1.53 bits per heavy atom. The number of fused-ring (bicyclic) bond motifs is 1. The number of hydrogen-bond acceptors (Lipinski definition) is 9. The van der Waals surface area contributed by atoms with Gasteiger partial charge >= 0.3 is 18.1 Å². The number of aromatic nitrogens is 4. The van der Waals surface area contributed by atoms with Gasteiger partial charge in [0, 0.05) is 13.3 Å². The molecule has 1 amide bonds. The lowest BCUT2D eigenvalue weighted by molar-refractivity contribution is -0.156. The zero-order valence-electron chi connectivity index (χ0n) is 16.5. The normalized spacial score (nSPS) is 23.4. The van der Waals surface area contributed by atoms with E-state index >= 15 is 0 Å². The van der Waals surface area contributed by atoms with E-state index in [4.69, 9.17) is 20.6 Å². The summed E-state index contributed by atoms with van der Waals surface area (Å²) in [6, 6.07) is 0. The monoisotopic (exact) mass is 421 g/mol. The van der Waals surface area contributed by atoms with Gasteiger partial charge in [-0.05, 0) is 13.8 Å². The van der Waals surface area contributed by atoms with Crippen LogP contribution in [-0.2, 0) is 19.0 Å². The van der Waals surface area contributed by atoms with Crippen LogP contribution in [0.2, 0.25) is 0 Å². The van der Waals surface area contributed by atoms with E-state index in [-0.39, 0.29) is 23.4 Å². The number of nitrogens with zero attached hydrogens (tertiary/aromatic N) is 4. The molecule has 30 heavy (non-hydrogen) atoms. The van der Waals surface area contributed by atoms with Crippen molar-refractivity contribution in [2.24, 2.45) is 0 Å². The first-order chi connectivity index (χ1) is 14.2. The molecule has 3 rings (SSSR count). The van der Waals surface area contributed by atoms with Gasteiger partial charge in [-0.1, -0.05) is 5.92 Å². The molecule has 0 unspecified atom stereocenters. The predicted octanol–water partition coefficient (Wildman–Crippen LogP) is 1.14. The van der Waals surface area contributed by atoms with E-state index in [1.54, 1.807) is 13.8 Å². The molecule has 1 aliphatic rings. The lowest BCUT2D eigenvalue weighted by atomic mass is 9.98. The molecule has 1 saturated heterocycles. The second-order valence-corrected chi connectivity index (χ2v) is 6.84. The molecule has 0 aromatic carbocycles. The zero-order chi connectivity index (χ0) is 22.1.